The van der Waals surface area contributed by atoms with E-state index in [4.69, 9.17) is 9.84 Å². The summed E-state index contributed by atoms with van der Waals surface area (Å²) in [6.45, 7) is 4.51. The average Bonchev–Trinajstić information content (AvgIpc) is 2.09. The molecule has 0 rings (SSSR count). The number of ether oxygens (including phenoxy) is 1. The van der Waals surface area contributed by atoms with Gasteiger partial charge < -0.3 is 15.2 Å². The van der Waals surface area contributed by atoms with Crippen LogP contribution in [0.15, 0.2) is 0 Å². The van der Waals surface area contributed by atoms with Crippen molar-refractivity contribution in [1.29, 1.82) is 0 Å². The van der Waals surface area contributed by atoms with Gasteiger partial charge in [-0.25, -0.2) is 4.79 Å². The molecule has 0 unspecified atom stereocenters. The van der Waals surface area contributed by atoms with Crippen molar-refractivity contribution in [3.05, 3.63) is 0 Å². The summed E-state index contributed by atoms with van der Waals surface area (Å²) in [5, 5.41) is 11.5. The third kappa shape index (κ3) is 11.4. The number of hydrogen-bond acceptors (Lipinski definition) is 3. The molecule has 0 aromatic rings. The number of carbonyl (C=O) groups is 1. The molecule has 0 aromatic heterocycles. The third-order valence-electron chi connectivity index (χ3n) is 1.62. The molecular formula is C9H19NO3. The van der Waals surface area contributed by atoms with Gasteiger partial charge in [0.25, 0.3) is 0 Å². The van der Waals surface area contributed by atoms with Gasteiger partial charge in [-0.3, -0.25) is 0 Å². The van der Waals surface area contributed by atoms with Gasteiger partial charge in [0.15, 0.2) is 0 Å². The summed E-state index contributed by atoms with van der Waals surface area (Å²) < 4.78 is 4.88. The van der Waals surface area contributed by atoms with Crippen molar-refractivity contribution in [2.24, 2.45) is 0 Å². The molecule has 0 heterocycles. The Labute approximate surface area is 79.3 Å². The van der Waals surface area contributed by atoms with Crippen molar-refractivity contribution in [3.63, 3.8) is 0 Å². The molecule has 4 nitrogen and oxygen atoms in total. The van der Waals surface area contributed by atoms with Crippen LogP contribution in [0.1, 0.15) is 26.2 Å². The van der Waals surface area contributed by atoms with Crippen molar-refractivity contribution >= 4 is 5.97 Å². The molecule has 0 aromatic carbocycles. The van der Waals surface area contributed by atoms with Crippen LogP contribution in [-0.2, 0) is 9.53 Å². The van der Waals surface area contributed by atoms with E-state index < -0.39 is 5.97 Å². The van der Waals surface area contributed by atoms with E-state index in [9.17, 15) is 4.79 Å². The first kappa shape index (κ1) is 12.4. The number of aliphatic carboxylic acids is 1. The highest BCUT2D eigenvalue weighted by Gasteiger charge is 1.95. The highest BCUT2D eigenvalue weighted by molar-refractivity contribution is 5.67. The molecule has 13 heavy (non-hydrogen) atoms. The largest absolute Gasteiger partial charge is 0.480 e. The van der Waals surface area contributed by atoms with Crippen molar-refractivity contribution in [3.8, 4) is 0 Å². The van der Waals surface area contributed by atoms with Crippen LogP contribution in [-0.4, -0.2) is 37.4 Å². The van der Waals surface area contributed by atoms with E-state index >= 15 is 0 Å². The molecule has 0 radical (unpaired) electrons. The van der Waals surface area contributed by atoms with Gasteiger partial charge in [0.05, 0.1) is 0 Å². The number of carboxylic acid groups (broad SMARTS) is 1. The van der Waals surface area contributed by atoms with E-state index in [-0.39, 0.29) is 6.61 Å². The highest BCUT2D eigenvalue weighted by atomic mass is 16.5. The Morgan fingerprint density at radius 3 is 2.77 bits per heavy atom. The van der Waals surface area contributed by atoms with E-state index in [1.807, 2.05) is 0 Å². The Kier molecular flexibility index (Phi) is 9.03. The van der Waals surface area contributed by atoms with Crippen LogP contribution in [0.5, 0.6) is 0 Å². The number of rotatable bonds is 9. The maximum Gasteiger partial charge on any atom is 0.329 e. The van der Waals surface area contributed by atoms with Crippen LogP contribution in [0.25, 0.3) is 0 Å². The molecule has 2 N–H and O–H groups in total. The lowest BCUT2D eigenvalue weighted by Crippen LogP contribution is -2.14. The zero-order valence-corrected chi connectivity index (χ0v) is 8.21. The van der Waals surface area contributed by atoms with Crippen molar-refractivity contribution in [2.45, 2.75) is 26.2 Å². The maximum absolute atomic E-state index is 10.0. The molecule has 78 valence electrons. The van der Waals surface area contributed by atoms with Gasteiger partial charge in [-0.05, 0) is 32.4 Å². The van der Waals surface area contributed by atoms with E-state index in [1.165, 1.54) is 0 Å². The fourth-order valence-electron chi connectivity index (χ4n) is 0.967. The van der Waals surface area contributed by atoms with Gasteiger partial charge in [0.2, 0.25) is 0 Å². The molecular weight excluding hydrogens is 170 g/mol. The Morgan fingerprint density at radius 2 is 2.15 bits per heavy atom. The second-order valence-corrected chi connectivity index (χ2v) is 2.86. The molecule has 0 aliphatic heterocycles. The summed E-state index contributed by atoms with van der Waals surface area (Å²) in [5.74, 6) is -0.896. The van der Waals surface area contributed by atoms with Crippen LogP contribution in [0.4, 0.5) is 0 Å². The maximum atomic E-state index is 10.0. The Balaban J connectivity index is 2.87. The van der Waals surface area contributed by atoms with Gasteiger partial charge in [0.1, 0.15) is 6.61 Å². The second-order valence-electron chi connectivity index (χ2n) is 2.86. The molecule has 0 aliphatic rings. The molecule has 0 atom stereocenters. The standard InChI is InChI=1S/C9H19NO3/c1-2-10-6-4-3-5-7-13-8-9(11)12/h10H,2-8H2,1H3,(H,11,12). The number of carboxylic acids is 1. The molecule has 0 fully saturated rings. The minimum Gasteiger partial charge on any atom is -0.480 e. The van der Waals surface area contributed by atoms with Crippen LogP contribution in [0.2, 0.25) is 0 Å². The fraction of sp³-hybridized carbons (Fsp3) is 0.889. The Hall–Kier alpha value is -0.610. The van der Waals surface area contributed by atoms with Crippen LogP contribution in [0, 0.1) is 0 Å². The summed E-state index contributed by atoms with van der Waals surface area (Å²) in [7, 11) is 0. The van der Waals surface area contributed by atoms with Gasteiger partial charge in [-0.2, -0.15) is 0 Å². The highest BCUT2D eigenvalue weighted by Crippen LogP contribution is 1.94. The Bertz CT molecular complexity index is 128. The fourth-order valence-corrected chi connectivity index (χ4v) is 0.967. The molecule has 0 saturated heterocycles. The summed E-state index contributed by atoms with van der Waals surface area (Å²) in [6, 6.07) is 0. The lowest BCUT2D eigenvalue weighted by Gasteiger charge is -2.02. The van der Waals surface area contributed by atoms with E-state index in [1.54, 1.807) is 0 Å². The molecule has 0 spiro atoms. The van der Waals surface area contributed by atoms with E-state index in [0.29, 0.717) is 6.61 Å². The molecule has 0 aliphatic carbocycles. The normalized spacial score (nSPS) is 10.2. The monoisotopic (exact) mass is 189 g/mol. The van der Waals surface area contributed by atoms with Gasteiger partial charge >= 0.3 is 5.97 Å². The van der Waals surface area contributed by atoms with Crippen LogP contribution < -0.4 is 5.32 Å². The Morgan fingerprint density at radius 1 is 1.38 bits per heavy atom. The van der Waals surface area contributed by atoms with Crippen molar-refractivity contribution in [1.82, 2.24) is 5.32 Å². The number of unbranched alkanes of at least 4 members (excludes halogenated alkanes) is 2. The van der Waals surface area contributed by atoms with Crippen LogP contribution in [0.3, 0.4) is 0 Å². The first-order chi connectivity index (χ1) is 6.27. The zero-order valence-electron chi connectivity index (χ0n) is 8.21. The average molecular weight is 189 g/mol. The van der Waals surface area contributed by atoms with Crippen LogP contribution >= 0.6 is 0 Å². The predicted molar refractivity (Wildman–Crippen MR) is 50.8 cm³/mol. The summed E-state index contributed by atoms with van der Waals surface area (Å²) in [6.07, 6.45) is 3.16. The summed E-state index contributed by atoms with van der Waals surface area (Å²) in [5.41, 5.74) is 0. The van der Waals surface area contributed by atoms with E-state index in [2.05, 4.69) is 12.2 Å². The lowest BCUT2D eigenvalue weighted by atomic mass is 10.2. The summed E-state index contributed by atoms with van der Waals surface area (Å²) >= 11 is 0. The minimum absolute atomic E-state index is 0.173. The quantitative estimate of drug-likeness (QED) is 0.528. The lowest BCUT2D eigenvalue weighted by molar-refractivity contribution is -0.142. The third-order valence-corrected chi connectivity index (χ3v) is 1.62. The molecule has 4 heteroatoms. The zero-order chi connectivity index (χ0) is 9.94. The second kappa shape index (κ2) is 9.48. The van der Waals surface area contributed by atoms with Gasteiger partial charge in [0, 0.05) is 6.61 Å². The predicted octanol–water partition coefficient (Wildman–Crippen LogP) is 0.867. The van der Waals surface area contributed by atoms with Crippen molar-refractivity contribution < 1.29 is 14.6 Å². The number of hydrogen-bond donors (Lipinski definition) is 2. The van der Waals surface area contributed by atoms with Gasteiger partial charge in [-0.15, -0.1) is 0 Å². The topological polar surface area (TPSA) is 58.6 Å². The van der Waals surface area contributed by atoms with E-state index in [0.717, 1.165) is 32.4 Å². The first-order valence-electron chi connectivity index (χ1n) is 4.77. The van der Waals surface area contributed by atoms with Gasteiger partial charge in [-0.1, -0.05) is 6.92 Å². The SMILES string of the molecule is CCNCCCCCOCC(=O)O. The molecule has 0 saturated carbocycles. The first-order valence-corrected chi connectivity index (χ1v) is 4.77. The minimum atomic E-state index is -0.896. The van der Waals surface area contributed by atoms with Crippen molar-refractivity contribution in [2.75, 3.05) is 26.3 Å². The molecule has 0 amide bonds. The number of nitrogens with one attached hydrogen (secondary N) is 1. The smallest absolute Gasteiger partial charge is 0.329 e. The summed E-state index contributed by atoms with van der Waals surface area (Å²) in [4.78, 5) is 10.0. The molecule has 0 bridgehead atoms.